The fraction of sp³-hybridized carbons (Fsp3) is 0.950. The molecule has 15 nitrogen and oxygen atoms in total. The summed E-state index contributed by atoms with van der Waals surface area (Å²) in [6.07, 6.45) is -15.2. The molecule has 0 amide bonds. The lowest BCUT2D eigenvalue weighted by atomic mass is 9.97. The van der Waals surface area contributed by atoms with Gasteiger partial charge in [-0.25, -0.2) is 4.79 Å². The predicted molar refractivity (Wildman–Crippen MR) is 109 cm³/mol. The van der Waals surface area contributed by atoms with Crippen LogP contribution in [0.5, 0.6) is 0 Å². The summed E-state index contributed by atoms with van der Waals surface area (Å²) in [6, 6.07) is 0. The van der Waals surface area contributed by atoms with Crippen LogP contribution >= 0.6 is 0 Å². The molecule has 0 spiro atoms. The second-order valence-corrected chi connectivity index (χ2v) is 8.65. The SMILES string of the molecule is O=C(O)COC1C(OC2C(CO)OCC(O)C2O)OC(CO)C(OC2OC(CO)CCC2O)C1O. The molecule has 12 atom stereocenters. The van der Waals surface area contributed by atoms with Crippen LogP contribution in [0.15, 0.2) is 0 Å². The molecule has 0 radical (unpaired) electrons. The summed E-state index contributed by atoms with van der Waals surface area (Å²) < 4.78 is 33.1. The molecule has 3 aliphatic heterocycles. The van der Waals surface area contributed by atoms with E-state index in [4.69, 9.17) is 33.5 Å². The van der Waals surface area contributed by atoms with E-state index in [1.165, 1.54) is 0 Å². The second kappa shape index (κ2) is 13.0. The predicted octanol–water partition coefficient (Wildman–Crippen LogP) is -4.72. The lowest BCUT2D eigenvalue weighted by molar-refractivity contribution is -0.365. The van der Waals surface area contributed by atoms with Gasteiger partial charge in [0.15, 0.2) is 12.6 Å². The molecule has 8 N–H and O–H groups in total. The van der Waals surface area contributed by atoms with Gasteiger partial charge >= 0.3 is 5.97 Å². The van der Waals surface area contributed by atoms with Crippen molar-refractivity contribution in [1.29, 1.82) is 0 Å². The number of carboxylic acid groups (broad SMARTS) is 1. The van der Waals surface area contributed by atoms with Crippen LogP contribution in [0.1, 0.15) is 12.8 Å². The molecular formula is C20H34O15. The average Bonchev–Trinajstić information content (AvgIpc) is 2.84. The molecule has 3 fully saturated rings. The van der Waals surface area contributed by atoms with Gasteiger partial charge in [-0.1, -0.05) is 0 Å². The second-order valence-electron chi connectivity index (χ2n) is 8.65. The number of carbonyl (C=O) groups is 1. The smallest absolute Gasteiger partial charge is 0.329 e. The van der Waals surface area contributed by atoms with Gasteiger partial charge in [-0.3, -0.25) is 0 Å². The number of rotatable bonds is 10. The molecule has 204 valence electrons. The van der Waals surface area contributed by atoms with Crippen LogP contribution in [0.3, 0.4) is 0 Å². The van der Waals surface area contributed by atoms with Crippen LogP contribution in [0.25, 0.3) is 0 Å². The van der Waals surface area contributed by atoms with Gasteiger partial charge in [0.2, 0.25) is 0 Å². The molecule has 3 saturated heterocycles. The summed E-state index contributed by atoms with van der Waals surface area (Å²) in [7, 11) is 0. The highest BCUT2D eigenvalue weighted by Gasteiger charge is 2.52. The molecule has 0 saturated carbocycles. The molecule has 3 heterocycles. The zero-order valence-electron chi connectivity index (χ0n) is 18.8. The van der Waals surface area contributed by atoms with Crippen molar-refractivity contribution in [2.45, 2.75) is 86.5 Å². The monoisotopic (exact) mass is 514 g/mol. The highest BCUT2D eigenvalue weighted by atomic mass is 16.8. The molecule has 3 aliphatic rings. The zero-order valence-corrected chi connectivity index (χ0v) is 18.8. The summed E-state index contributed by atoms with van der Waals surface area (Å²) in [5.74, 6) is -1.38. The van der Waals surface area contributed by atoms with Gasteiger partial charge in [0.1, 0.15) is 61.5 Å². The quantitative estimate of drug-likeness (QED) is 0.137. The van der Waals surface area contributed by atoms with Crippen molar-refractivity contribution in [3.8, 4) is 0 Å². The van der Waals surface area contributed by atoms with Crippen LogP contribution < -0.4 is 0 Å². The van der Waals surface area contributed by atoms with E-state index < -0.39 is 99.4 Å². The highest BCUT2D eigenvalue weighted by molar-refractivity contribution is 5.68. The Balaban J connectivity index is 1.80. The van der Waals surface area contributed by atoms with E-state index in [1.807, 2.05) is 0 Å². The van der Waals surface area contributed by atoms with E-state index in [-0.39, 0.29) is 19.6 Å². The number of carboxylic acids is 1. The van der Waals surface area contributed by atoms with Gasteiger partial charge < -0.3 is 69.3 Å². The Kier molecular flexibility index (Phi) is 10.6. The van der Waals surface area contributed by atoms with Crippen LogP contribution in [0.2, 0.25) is 0 Å². The number of aliphatic hydroxyl groups excluding tert-OH is 7. The normalized spacial score (nSPS) is 44.8. The first kappa shape index (κ1) is 28.5. The van der Waals surface area contributed by atoms with Gasteiger partial charge in [0, 0.05) is 0 Å². The Hall–Kier alpha value is -1.05. The average molecular weight is 514 g/mol. The lowest BCUT2D eigenvalue weighted by Gasteiger charge is -2.47. The maximum absolute atomic E-state index is 11.1. The number of aliphatic hydroxyl groups is 7. The topological polar surface area (TPSA) is 234 Å². The highest BCUT2D eigenvalue weighted by Crippen LogP contribution is 2.32. The molecule has 15 heteroatoms. The Bertz CT molecular complexity index is 664. The van der Waals surface area contributed by atoms with E-state index in [1.54, 1.807) is 0 Å². The molecule has 3 rings (SSSR count). The van der Waals surface area contributed by atoms with Crippen molar-refractivity contribution >= 4 is 5.97 Å². The van der Waals surface area contributed by atoms with Gasteiger partial charge in [-0.05, 0) is 12.8 Å². The van der Waals surface area contributed by atoms with E-state index in [9.17, 15) is 40.5 Å². The number of ether oxygens (including phenoxy) is 6. The summed E-state index contributed by atoms with van der Waals surface area (Å²) in [5.41, 5.74) is 0. The third-order valence-electron chi connectivity index (χ3n) is 6.17. The zero-order chi connectivity index (χ0) is 25.7. The minimum Gasteiger partial charge on any atom is -0.480 e. The van der Waals surface area contributed by atoms with Crippen LogP contribution in [0.4, 0.5) is 0 Å². The maximum atomic E-state index is 11.1. The first-order valence-corrected chi connectivity index (χ1v) is 11.3. The Morgan fingerprint density at radius 2 is 1.43 bits per heavy atom. The van der Waals surface area contributed by atoms with Crippen LogP contribution in [-0.2, 0) is 33.2 Å². The summed E-state index contributed by atoms with van der Waals surface area (Å²) >= 11 is 0. The number of hydrogen-bond donors (Lipinski definition) is 8. The Morgan fingerprint density at radius 1 is 0.771 bits per heavy atom. The molecule has 0 aliphatic carbocycles. The van der Waals surface area contributed by atoms with Gasteiger partial charge in [-0.15, -0.1) is 0 Å². The standard InChI is InChI=1S/C20H34O15/c21-3-8-1-2-9(24)19(32-8)34-17-12(5-23)33-20(18(15(17)29)31-7-13(26)27)35-16-11(4-22)30-6-10(25)14(16)28/h8-12,14-25,28-29H,1-7H2,(H,26,27). The first-order chi connectivity index (χ1) is 16.7. The minimum absolute atomic E-state index is 0.235. The van der Waals surface area contributed by atoms with Gasteiger partial charge in [0.05, 0.1) is 32.5 Å². The molecule has 12 unspecified atom stereocenters. The van der Waals surface area contributed by atoms with Crippen molar-refractivity contribution < 1.29 is 74.1 Å². The van der Waals surface area contributed by atoms with Crippen LogP contribution in [-0.4, -0.2) is 153 Å². The summed E-state index contributed by atoms with van der Waals surface area (Å²) in [6.45, 7) is -2.79. The Morgan fingerprint density at radius 3 is 2.06 bits per heavy atom. The van der Waals surface area contributed by atoms with Crippen molar-refractivity contribution in [2.24, 2.45) is 0 Å². The molecular weight excluding hydrogens is 480 g/mol. The van der Waals surface area contributed by atoms with Crippen molar-refractivity contribution in [1.82, 2.24) is 0 Å². The van der Waals surface area contributed by atoms with E-state index in [2.05, 4.69) is 0 Å². The Labute approximate surface area is 200 Å². The first-order valence-electron chi connectivity index (χ1n) is 11.3. The van der Waals surface area contributed by atoms with Crippen molar-refractivity contribution in [3.63, 3.8) is 0 Å². The minimum atomic E-state index is -1.69. The van der Waals surface area contributed by atoms with Gasteiger partial charge in [0.25, 0.3) is 0 Å². The molecule has 35 heavy (non-hydrogen) atoms. The summed E-state index contributed by atoms with van der Waals surface area (Å²) in [4.78, 5) is 11.1. The third kappa shape index (κ3) is 6.84. The van der Waals surface area contributed by atoms with Crippen LogP contribution in [0, 0.1) is 0 Å². The largest absolute Gasteiger partial charge is 0.480 e. The van der Waals surface area contributed by atoms with Gasteiger partial charge in [-0.2, -0.15) is 0 Å². The molecule has 0 bridgehead atoms. The molecule has 0 aromatic heterocycles. The van der Waals surface area contributed by atoms with Crippen molar-refractivity contribution in [2.75, 3.05) is 33.0 Å². The van der Waals surface area contributed by atoms with Crippen molar-refractivity contribution in [3.05, 3.63) is 0 Å². The lowest BCUT2D eigenvalue weighted by Crippen LogP contribution is -2.65. The maximum Gasteiger partial charge on any atom is 0.329 e. The van der Waals surface area contributed by atoms with E-state index in [0.29, 0.717) is 6.42 Å². The number of aliphatic carboxylic acids is 1. The van der Waals surface area contributed by atoms with E-state index >= 15 is 0 Å². The molecule has 0 aromatic carbocycles. The number of hydrogen-bond acceptors (Lipinski definition) is 14. The fourth-order valence-corrected chi connectivity index (χ4v) is 4.25. The molecule has 0 aromatic rings. The third-order valence-corrected chi connectivity index (χ3v) is 6.17. The fourth-order valence-electron chi connectivity index (χ4n) is 4.25. The summed E-state index contributed by atoms with van der Waals surface area (Å²) in [5, 5.41) is 79.4. The van der Waals surface area contributed by atoms with E-state index in [0.717, 1.165) is 0 Å².